The van der Waals surface area contributed by atoms with Crippen molar-refractivity contribution in [3.63, 3.8) is 0 Å². The molecule has 4 aromatic rings. The van der Waals surface area contributed by atoms with Gasteiger partial charge in [-0.2, -0.15) is 4.37 Å². The molecule has 2 aromatic heterocycles. The van der Waals surface area contributed by atoms with E-state index in [0.29, 0.717) is 0 Å². The average Bonchev–Trinajstić information content (AvgIpc) is 3.05. The normalized spacial score (nSPS) is 11.3. The highest BCUT2D eigenvalue weighted by atomic mass is 32.1. The molecule has 4 rings (SSSR count). The van der Waals surface area contributed by atoms with Crippen LogP contribution in [0.15, 0.2) is 48.7 Å². The lowest BCUT2D eigenvalue weighted by Gasteiger charge is -1.98. The maximum Gasteiger partial charge on any atom is 0.112 e. The summed E-state index contributed by atoms with van der Waals surface area (Å²) in [5, 5.41) is 2.27. The molecule has 2 aromatic carbocycles. The van der Waals surface area contributed by atoms with Gasteiger partial charge in [0.1, 0.15) is 5.52 Å². The molecule has 0 spiro atoms. The lowest BCUT2D eigenvalue weighted by molar-refractivity contribution is 1.41. The topological polar surface area (TPSA) is 41.6 Å². The van der Waals surface area contributed by atoms with Crippen molar-refractivity contribution in [1.29, 1.82) is 0 Å². The van der Waals surface area contributed by atoms with Gasteiger partial charge in [0, 0.05) is 34.3 Å². The summed E-state index contributed by atoms with van der Waals surface area (Å²) in [7, 11) is 0. The van der Waals surface area contributed by atoms with Gasteiger partial charge in [-0.3, -0.25) is 9.36 Å². The minimum atomic E-state index is 1.01. The Hall–Kier alpha value is -2.20. The quantitative estimate of drug-likeness (QED) is 0.558. The minimum Gasteiger partial charge on any atom is -0.293 e. The van der Waals surface area contributed by atoms with Gasteiger partial charge >= 0.3 is 0 Å². The zero-order chi connectivity index (χ0) is 11.9. The summed E-state index contributed by atoms with van der Waals surface area (Å²) >= 11 is 1.37. The third-order valence-electron chi connectivity index (χ3n) is 3.12. The lowest BCUT2D eigenvalue weighted by atomic mass is 10.1. The molecule has 0 amide bonds. The van der Waals surface area contributed by atoms with E-state index in [0.717, 1.165) is 33.1 Å². The fraction of sp³-hybridized carbons (Fsp3) is 0. The van der Waals surface area contributed by atoms with Gasteiger partial charge in [0.05, 0.1) is 11.2 Å². The van der Waals surface area contributed by atoms with Gasteiger partial charge in [-0.05, 0) is 6.07 Å². The van der Waals surface area contributed by atoms with E-state index in [1.54, 1.807) is 0 Å². The van der Waals surface area contributed by atoms with Crippen LogP contribution in [0.3, 0.4) is 0 Å². The van der Waals surface area contributed by atoms with Gasteiger partial charge in [0.25, 0.3) is 0 Å². The molecule has 1 N–H and O–H groups in total. The highest BCUT2D eigenvalue weighted by Crippen LogP contribution is 2.32. The van der Waals surface area contributed by atoms with Gasteiger partial charge in [-0.25, -0.2) is 0 Å². The zero-order valence-corrected chi connectivity index (χ0v) is 10.2. The molecule has 0 saturated heterocycles. The second-order valence-electron chi connectivity index (χ2n) is 4.18. The predicted molar refractivity (Wildman–Crippen MR) is 74.7 cm³/mol. The number of nitrogens with one attached hydrogen (secondary N) is 1. The third-order valence-corrected chi connectivity index (χ3v) is 3.70. The molecule has 0 bridgehead atoms. The Kier molecular flexibility index (Phi) is 1.98. The molecule has 0 atom stereocenters. The van der Waals surface area contributed by atoms with Crippen LogP contribution in [-0.4, -0.2) is 13.7 Å². The van der Waals surface area contributed by atoms with Crippen molar-refractivity contribution in [2.45, 2.75) is 0 Å². The second-order valence-corrected chi connectivity index (χ2v) is 4.75. The van der Waals surface area contributed by atoms with Crippen molar-refractivity contribution in [3.8, 4) is 11.3 Å². The Morgan fingerprint density at radius 3 is 2.78 bits per heavy atom. The fourth-order valence-corrected chi connectivity index (χ4v) is 2.86. The fourth-order valence-electron chi connectivity index (χ4n) is 2.27. The molecular formula is C14H9N3S. The van der Waals surface area contributed by atoms with E-state index in [4.69, 9.17) is 0 Å². The number of aromatic nitrogens is 3. The van der Waals surface area contributed by atoms with E-state index in [2.05, 4.69) is 38.0 Å². The Balaban J connectivity index is 2.15. The summed E-state index contributed by atoms with van der Waals surface area (Å²) in [5.41, 5.74) is 4.22. The monoisotopic (exact) mass is 251 g/mol. The predicted octanol–water partition coefficient (Wildman–Crippen LogP) is 3.84. The van der Waals surface area contributed by atoms with E-state index >= 15 is 0 Å². The highest BCUT2D eigenvalue weighted by Gasteiger charge is 2.12. The number of H-pyrrole nitrogens is 1. The van der Waals surface area contributed by atoms with Gasteiger partial charge in [0.15, 0.2) is 0 Å². The van der Waals surface area contributed by atoms with Crippen LogP contribution in [0, 0.1) is 0 Å². The molecule has 0 saturated carbocycles. The zero-order valence-electron chi connectivity index (χ0n) is 9.42. The van der Waals surface area contributed by atoms with Crippen LogP contribution in [0.2, 0.25) is 0 Å². The van der Waals surface area contributed by atoms with Crippen LogP contribution in [0.1, 0.15) is 0 Å². The summed E-state index contributed by atoms with van der Waals surface area (Å²) in [6.07, 6.45) is 1.91. The SMILES string of the molecule is c1ccc(-c2ncc3ccc4[nH]snc4c23)cc1. The number of aromatic amines is 1. The van der Waals surface area contributed by atoms with Crippen molar-refractivity contribution < 1.29 is 0 Å². The van der Waals surface area contributed by atoms with Crippen molar-refractivity contribution in [1.82, 2.24) is 13.7 Å². The van der Waals surface area contributed by atoms with E-state index < -0.39 is 0 Å². The average molecular weight is 251 g/mol. The summed E-state index contributed by atoms with van der Waals surface area (Å²) in [5.74, 6) is 0. The standard InChI is InChI=1S/C14H9N3S/c1-2-4-9(5-3-1)13-12-10(8-15-13)6-7-11-14(12)17-18-16-11/h1-8,16H. The molecule has 0 fully saturated rings. The third kappa shape index (κ3) is 1.29. The Bertz CT molecular complexity index is 830. The van der Waals surface area contributed by atoms with E-state index in [1.807, 2.05) is 24.4 Å². The van der Waals surface area contributed by atoms with Crippen LogP contribution < -0.4 is 0 Å². The molecule has 86 valence electrons. The number of hydrogen-bond donors (Lipinski definition) is 1. The van der Waals surface area contributed by atoms with Crippen LogP contribution in [0.5, 0.6) is 0 Å². The maximum atomic E-state index is 4.55. The summed E-state index contributed by atoms with van der Waals surface area (Å²) in [6, 6.07) is 14.4. The van der Waals surface area contributed by atoms with Crippen molar-refractivity contribution in [2.75, 3.05) is 0 Å². The van der Waals surface area contributed by atoms with Gasteiger partial charge in [0.2, 0.25) is 0 Å². The van der Waals surface area contributed by atoms with E-state index in [1.165, 1.54) is 11.7 Å². The van der Waals surface area contributed by atoms with Crippen molar-refractivity contribution in [3.05, 3.63) is 48.7 Å². The molecule has 2 heterocycles. The number of hydrogen-bond acceptors (Lipinski definition) is 3. The highest BCUT2D eigenvalue weighted by molar-refractivity contribution is 7.00. The van der Waals surface area contributed by atoms with Crippen LogP contribution in [0.25, 0.3) is 33.1 Å². The van der Waals surface area contributed by atoms with Gasteiger partial charge in [-0.15, -0.1) is 0 Å². The van der Waals surface area contributed by atoms with Crippen molar-refractivity contribution in [2.24, 2.45) is 0 Å². The Labute approximate surface area is 107 Å². The minimum absolute atomic E-state index is 1.01. The molecule has 3 nitrogen and oxygen atoms in total. The molecule has 0 aliphatic rings. The molecule has 0 radical (unpaired) electrons. The number of fused-ring (bicyclic) bond motifs is 3. The maximum absolute atomic E-state index is 4.55. The summed E-state index contributed by atoms with van der Waals surface area (Å²) in [4.78, 5) is 4.55. The van der Waals surface area contributed by atoms with E-state index in [-0.39, 0.29) is 0 Å². The molecule has 0 aliphatic heterocycles. The summed E-state index contributed by atoms with van der Waals surface area (Å²) < 4.78 is 7.63. The molecule has 0 unspecified atom stereocenters. The first-order valence-electron chi connectivity index (χ1n) is 5.70. The molecular weight excluding hydrogens is 242 g/mol. The summed E-state index contributed by atoms with van der Waals surface area (Å²) in [6.45, 7) is 0. The smallest absolute Gasteiger partial charge is 0.112 e. The molecule has 18 heavy (non-hydrogen) atoms. The first-order valence-corrected chi connectivity index (χ1v) is 6.48. The second kappa shape index (κ2) is 3.65. The lowest BCUT2D eigenvalue weighted by Crippen LogP contribution is -1.79. The van der Waals surface area contributed by atoms with Crippen LogP contribution in [-0.2, 0) is 0 Å². The van der Waals surface area contributed by atoms with Crippen LogP contribution >= 0.6 is 11.7 Å². The van der Waals surface area contributed by atoms with Crippen LogP contribution in [0.4, 0.5) is 0 Å². The van der Waals surface area contributed by atoms with Gasteiger partial charge < -0.3 is 0 Å². The Morgan fingerprint density at radius 1 is 1.00 bits per heavy atom. The number of benzene rings is 2. The first-order chi connectivity index (χ1) is 8.93. The van der Waals surface area contributed by atoms with Gasteiger partial charge in [-0.1, -0.05) is 36.4 Å². The molecule has 0 aliphatic carbocycles. The number of nitrogens with zero attached hydrogens (tertiary/aromatic N) is 2. The molecule has 4 heteroatoms. The van der Waals surface area contributed by atoms with E-state index in [9.17, 15) is 0 Å². The van der Waals surface area contributed by atoms with Crippen molar-refractivity contribution >= 4 is 33.5 Å². The Morgan fingerprint density at radius 2 is 1.89 bits per heavy atom. The first kappa shape index (κ1) is 9.79. The number of rotatable bonds is 1. The largest absolute Gasteiger partial charge is 0.293 e.